The molecule has 29 heavy (non-hydrogen) atoms. The van der Waals surface area contributed by atoms with Gasteiger partial charge in [0.1, 0.15) is 0 Å². The zero-order valence-corrected chi connectivity index (χ0v) is 17.8. The molecule has 2 nitrogen and oxygen atoms in total. The molecule has 1 aliphatic heterocycles. The van der Waals surface area contributed by atoms with Gasteiger partial charge in [-0.25, -0.2) is 0 Å². The van der Waals surface area contributed by atoms with Crippen molar-refractivity contribution in [1.29, 1.82) is 0 Å². The van der Waals surface area contributed by atoms with E-state index in [1.165, 1.54) is 72.7 Å². The first-order valence-corrected chi connectivity index (χ1v) is 11.1. The lowest BCUT2D eigenvalue weighted by Gasteiger charge is -2.30. The van der Waals surface area contributed by atoms with Gasteiger partial charge in [0.2, 0.25) is 0 Å². The predicted octanol–water partition coefficient (Wildman–Crippen LogP) is 7.12. The third kappa shape index (κ3) is 3.13. The number of aryl methyl sites for hydroxylation is 1. The first-order valence-electron chi connectivity index (χ1n) is 11.1. The molecule has 0 fully saturated rings. The van der Waals surface area contributed by atoms with Crippen LogP contribution in [-0.4, -0.2) is 9.55 Å². The molecule has 0 radical (unpaired) electrons. The highest BCUT2D eigenvalue weighted by molar-refractivity contribution is 5.96. The third-order valence-electron chi connectivity index (χ3n) is 7.35. The smallest absolute Gasteiger partial charge is 0.0567 e. The van der Waals surface area contributed by atoms with Crippen LogP contribution in [0.15, 0.2) is 54.4 Å². The molecular formula is C26H29ClN2. The van der Waals surface area contributed by atoms with Gasteiger partial charge in [0.15, 0.2) is 0 Å². The topological polar surface area (TPSA) is 17.8 Å². The fraction of sp³-hybridized carbons (Fsp3) is 0.423. The monoisotopic (exact) mass is 404 g/mol. The Morgan fingerprint density at radius 3 is 2.90 bits per heavy atom. The van der Waals surface area contributed by atoms with E-state index in [0.717, 1.165) is 24.7 Å². The van der Waals surface area contributed by atoms with E-state index in [1.54, 1.807) is 11.3 Å². The summed E-state index contributed by atoms with van der Waals surface area (Å²) in [6, 6.07) is 2.22. The van der Waals surface area contributed by atoms with Crippen molar-refractivity contribution in [2.24, 2.45) is 11.8 Å². The van der Waals surface area contributed by atoms with Gasteiger partial charge in [-0.3, -0.25) is 4.98 Å². The lowest BCUT2D eigenvalue weighted by Crippen LogP contribution is -2.17. The summed E-state index contributed by atoms with van der Waals surface area (Å²) in [6.45, 7) is 0. The van der Waals surface area contributed by atoms with Crippen LogP contribution < -0.4 is 0 Å². The first kappa shape index (κ1) is 18.9. The maximum Gasteiger partial charge on any atom is 0.0567 e. The van der Waals surface area contributed by atoms with Gasteiger partial charge in [-0.1, -0.05) is 30.4 Å². The minimum absolute atomic E-state index is 0. The van der Waals surface area contributed by atoms with E-state index >= 15 is 0 Å². The molecule has 0 saturated heterocycles. The molecule has 2 unspecified atom stereocenters. The first-order chi connectivity index (χ1) is 13.9. The number of fused-ring (bicyclic) bond motifs is 4. The summed E-state index contributed by atoms with van der Waals surface area (Å²) in [5, 5.41) is 1.36. The van der Waals surface area contributed by atoms with Crippen molar-refractivity contribution >= 4 is 34.6 Å². The number of aromatic nitrogens is 2. The average Bonchev–Trinajstić information content (AvgIpc) is 2.98. The minimum atomic E-state index is 0. The summed E-state index contributed by atoms with van der Waals surface area (Å²) >= 11 is 0. The van der Waals surface area contributed by atoms with Gasteiger partial charge in [-0.05, 0) is 92.4 Å². The Morgan fingerprint density at radius 2 is 2.00 bits per heavy atom. The number of nitrogens with zero attached hydrogens (tertiary/aromatic N) is 2. The van der Waals surface area contributed by atoms with Gasteiger partial charge < -0.3 is 4.57 Å². The fourth-order valence-electron chi connectivity index (χ4n) is 6.04. The SMILES string of the molecule is C1=CCC(CC2CCC3=C(C=CC4=CCCc5c4n3c3ccncc53)C2)CC1.Cl. The van der Waals surface area contributed by atoms with Crippen molar-refractivity contribution in [1.82, 2.24) is 9.55 Å². The quantitative estimate of drug-likeness (QED) is 0.487. The molecule has 2 aromatic rings. The summed E-state index contributed by atoms with van der Waals surface area (Å²) in [6.07, 6.45) is 27.6. The molecule has 3 heterocycles. The molecule has 4 aliphatic rings. The Bertz CT molecular complexity index is 1070. The van der Waals surface area contributed by atoms with E-state index < -0.39 is 0 Å². The molecule has 150 valence electrons. The second-order valence-electron chi connectivity index (χ2n) is 9.05. The van der Waals surface area contributed by atoms with Crippen LogP contribution in [0.3, 0.4) is 0 Å². The second kappa shape index (κ2) is 7.65. The van der Waals surface area contributed by atoms with E-state index in [9.17, 15) is 0 Å². The van der Waals surface area contributed by atoms with Gasteiger partial charge in [0.25, 0.3) is 0 Å². The molecule has 3 aliphatic carbocycles. The zero-order chi connectivity index (χ0) is 18.5. The van der Waals surface area contributed by atoms with Crippen molar-refractivity contribution in [3.8, 4) is 0 Å². The summed E-state index contributed by atoms with van der Waals surface area (Å²) in [5.41, 5.74) is 8.87. The zero-order valence-electron chi connectivity index (χ0n) is 16.9. The van der Waals surface area contributed by atoms with E-state index in [2.05, 4.69) is 52.2 Å². The van der Waals surface area contributed by atoms with E-state index in [-0.39, 0.29) is 12.4 Å². The second-order valence-corrected chi connectivity index (χ2v) is 9.05. The van der Waals surface area contributed by atoms with Crippen LogP contribution in [0.2, 0.25) is 0 Å². The van der Waals surface area contributed by atoms with Crippen LogP contribution in [0.25, 0.3) is 22.2 Å². The van der Waals surface area contributed by atoms with E-state index in [0.29, 0.717) is 0 Å². The van der Waals surface area contributed by atoms with Crippen molar-refractivity contribution in [3.05, 3.63) is 65.7 Å². The molecule has 2 atom stereocenters. The molecule has 0 aromatic carbocycles. The van der Waals surface area contributed by atoms with Crippen LogP contribution in [-0.2, 0) is 6.42 Å². The summed E-state index contributed by atoms with van der Waals surface area (Å²) < 4.78 is 2.60. The summed E-state index contributed by atoms with van der Waals surface area (Å²) in [7, 11) is 0. The molecule has 0 bridgehead atoms. The van der Waals surface area contributed by atoms with Crippen LogP contribution in [0.1, 0.15) is 62.6 Å². The van der Waals surface area contributed by atoms with Crippen molar-refractivity contribution in [2.45, 2.75) is 57.8 Å². The molecule has 3 heteroatoms. The lowest BCUT2D eigenvalue weighted by molar-refractivity contribution is 0.328. The maximum atomic E-state index is 4.45. The largest absolute Gasteiger partial charge is 0.312 e. The van der Waals surface area contributed by atoms with Crippen molar-refractivity contribution in [3.63, 3.8) is 0 Å². The van der Waals surface area contributed by atoms with Gasteiger partial charge >= 0.3 is 0 Å². The highest BCUT2D eigenvalue weighted by atomic mass is 35.5. The molecule has 0 N–H and O–H groups in total. The maximum absolute atomic E-state index is 4.45. The molecule has 0 spiro atoms. The number of hydrogen-bond acceptors (Lipinski definition) is 1. The van der Waals surface area contributed by atoms with Crippen LogP contribution in [0.4, 0.5) is 0 Å². The highest BCUT2D eigenvalue weighted by Crippen LogP contribution is 2.45. The normalized spacial score (nSPS) is 25.2. The Labute approximate surface area is 179 Å². The number of hydrogen-bond donors (Lipinski definition) is 0. The molecule has 0 saturated carbocycles. The standard InChI is InChI=1S/C26H28N2.ClH/c1-2-5-18(6-3-1)15-19-9-12-24-21(16-19)11-10-20-7-4-8-22-23-17-27-14-13-25(23)28(24)26(20)22;/h1-2,7,10-11,13-14,17-19H,3-6,8-9,12,15-16H2;1H. The molecule has 2 aromatic heterocycles. The van der Waals surface area contributed by atoms with Crippen LogP contribution >= 0.6 is 12.4 Å². The van der Waals surface area contributed by atoms with Gasteiger partial charge in [0, 0.05) is 23.5 Å². The number of pyridine rings is 1. The number of rotatable bonds is 2. The van der Waals surface area contributed by atoms with Crippen LogP contribution in [0.5, 0.6) is 0 Å². The fourth-order valence-corrected chi connectivity index (χ4v) is 6.04. The third-order valence-corrected chi connectivity index (χ3v) is 7.35. The molecule has 0 amide bonds. The van der Waals surface area contributed by atoms with Crippen molar-refractivity contribution < 1.29 is 0 Å². The summed E-state index contributed by atoms with van der Waals surface area (Å²) in [4.78, 5) is 4.45. The van der Waals surface area contributed by atoms with Gasteiger partial charge in [-0.2, -0.15) is 0 Å². The van der Waals surface area contributed by atoms with Gasteiger partial charge in [0.05, 0.1) is 11.2 Å². The Morgan fingerprint density at radius 1 is 1.03 bits per heavy atom. The minimum Gasteiger partial charge on any atom is -0.312 e. The molecule has 6 rings (SSSR count). The van der Waals surface area contributed by atoms with Crippen LogP contribution in [0, 0.1) is 11.8 Å². The highest BCUT2D eigenvalue weighted by Gasteiger charge is 2.30. The average molecular weight is 405 g/mol. The number of allylic oxidation sites excluding steroid dienone is 8. The number of halogens is 1. The Kier molecular flexibility index (Phi) is 4.99. The molecular weight excluding hydrogens is 376 g/mol. The summed E-state index contributed by atoms with van der Waals surface area (Å²) in [5.74, 6) is 1.76. The lowest BCUT2D eigenvalue weighted by atomic mass is 9.78. The predicted molar refractivity (Wildman–Crippen MR) is 124 cm³/mol. The Hall–Kier alpha value is -2.06. The van der Waals surface area contributed by atoms with Gasteiger partial charge in [-0.15, -0.1) is 12.4 Å². The van der Waals surface area contributed by atoms with E-state index in [4.69, 9.17) is 0 Å². The van der Waals surface area contributed by atoms with Crippen molar-refractivity contribution in [2.75, 3.05) is 0 Å². The van der Waals surface area contributed by atoms with E-state index in [1.807, 2.05) is 6.20 Å². The Balaban J connectivity index is 0.00000181.